The van der Waals surface area contributed by atoms with Crippen molar-refractivity contribution in [2.75, 3.05) is 0 Å². The maximum absolute atomic E-state index is 12.8. The second-order valence-electron chi connectivity index (χ2n) is 6.75. The van der Waals surface area contributed by atoms with Crippen molar-refractivity contribution in [3.63, 3.8) is 0 Å². The molecule has 0 amide bonds. The first kappa shape index (κ1) is 20.7. The van der Waals surface area contributed by atoms with Crippen LogP contribution in [-0.4, -0.2) is 17.0 Å². The number of unbranched alkanes of at least 4 members (excludes halogenated alkanes) is 2. The molecule has 144 valence electrons. The molecule has 0 heterocycles. The molecule has 2 rings (SSSR count). The Morgan fingerprint density at radius 3 is 2.15 bits per heavy atom. The minimum absolute atomic E-state index is 0.0339. The van der Waals surface area contributed by atoms with Crippen LogP contribution in [0, 0.1) is 5.92 Å². The second kappa shape index (κ2) is 10.5. The number of carboxylic acids is 1. The number of aromatic carboxylic acids is 1. The van der Waals surface area contributed by atoms with Gasteiger partial charge in [0, 0.05) is 5.92 Å². The quantitative estimate of drug-likeness (QED) is 0.419. The van der Waals surface area contributed by atoms with Crippen LogP contribution < -0.4 is 0 Å². The van der Waals surface area contributed by atoms with Gasteiger partial charge < -0.3 is 9.84 Å². The zero-order valence-electron chi connectivity index (χ0n) is 16.1. The van der Waals surface area contributed by atoms with E-state index in [0.717, 1.165) is 37.7 Å². The first-order valence-corrected chi connectivity index (χ1v) is 9.66. The topological polar surface area (TPSA) is 63.6 Å². The van der Waals surface area contributed by atoms with Gasteiger partial charge in [0.15, 0.2) is 0 Å². The smallest absolute Gasteiger partial charge is 0.339 e. The molecule has 0 aliphatic rings. The number of carboxylic acid groups (broad SMARTS) is 1. The highest BCUT2D eigenvalue weighted by Gasteiger charge is 2.27. The summed E-state index contributed by atoms with van der Waals surface area (Å²) in [7, 11) is 0. The van der Waals surface area contributed by atoms with E-state index in [4.69, 9.17) is 4.74 Å². The van der Waals surface area contributed by atoms with Crippen molar-refractivity contribution in [1.29, 1.82) is 0 Å². The van der Waals surface area contributed by atoms with Crippen molar-refractivity contribution in [2.24, 2.45) is 5.92 Å². The van der Waals surface area contributed by atoms with Crippen LogP contribution >= 0.6 is 0 Å². The first-order valence-electron chi connectivity index (χ1n) is 9.66. The van der Waals surface area contributed by atoms with E-state index >= 15 is 0 Å². The van der Waals surface area contributed by atoms with E-state index in [9.17, 15) is 14.7 Å². The first-order chi connectivity index (χ1) is 13.1. The summed E-state index contributed by atoms with van der Waals surface area (Å²) in [5.74, 6) is -1.52. The summed E-state index contributed by atoms with van der Waals surface area (Å²) in [6.07, 6.45) is 4.84. The fourth-order valence-electron chi connectivity index (χ4n) is 3.33. The van der Waals surface area contributed by atoms with Gasteiger partial charge >= 0.3 is 11.9 Å². The fourth-order valence-corrected chi connectivity index (χ4v) is 3.33. The minimum Gasteiger partial charge on any atom is -0.478 e. The summed E-state index contributed by atoms with van der Waals surface area (Å²) in [6, 6.07) is 15.9. The van der Waals surface area contributed by atoms with E-state index in [0.29, 0.717) is 0 Å². The molecule has 1 N–H and O–H groups in total. The minimum atomic E-state index is -1.13. The van der Waals surface area contributed by atoms with Gasteiger partial charge in [0.1, 0.15) is 6.10 Å². The summed E-state index contributed by atoms with van der Waals surface area (Å²) in [4.78, 5) is 24.3. The van der Waals surface area contributed by atoms with Gasteiger partial charge in [-0.15, -0.1) is 0 Å². The van der Waals surface area contributed by atoms with Gasteiger partial charge in [-0.25, -0.2) is 9.59 Å². The van der Waals surface area contributed by atoms with Crippen molar-refractivity contribution < 1.29 is 19.4 Å². The Labute approximate surface area is 161 Å². The Morgan fingerprint density at radius 2 is 1.56 bits per heavy atom. The summed E-state index contributed by atoms with van der Waals surface area (Å²) in [6.45, 7) is 4.27. The SMILES string of the molecule is CCCCCC(CC)C(OC(=O)c1ccccc1C(=O)O)c1ccccc1. The molecule has 0 spiro atoms. The summed E-state index contributed by atoms with van der Waals surface area (Å²) < 4.78 is 5.89. The highest BCUT2D eigenvalue weighted by atomic mass is 16.5. The van der Waals surface area contributed by atoms with Gasteiger partial charge in [0.05, 0.1) is 11.1 Å². The lowest BCUT2D eigenvalue weighted by molar-refractivity contribution is 0.0101. The molecule has 0 bridgehead atoms. The maximum Gasteiger partial charge on any atom is 0.339 e. The molecular weight excluding hydrogens is 340 g/mol. The number of carbonyl (C=O) groups excluding carboxylic acids is 1. The molecule has 0 aliphatic heterocycles. The van der Waals surface area contributed by atoms with Crippen LogP contribution in [0.15, 0.2) is 54.6 Å². The zero-order chi connectivity index (χ0) is 19.6. The van der Waals surface area contributed by atoms with Gasteiger partial charge in [0.2, 0.25) is 0 Å². The van der Waals surface area contributed by atoms with E-state index in [2.05, 4.69) is 13.8 Å². The van der Waals surface area contributed by atoms with Crippen LogP contribution in [0.5, 0.6) is 0 Å². The highest BCUT2D eigenvalue weighted by molar-refractivity contribution is 6.02. The Hall–Kier alpha value is -2.62. The number of hydrogen-bond acceptors (Lipinski definition) is 3. The molecule has 2 aromatic rings. The van der Waals surface area contributed by atoms with Crippen molar-refractivity contribution in [3.05, 3.63) is 71.3 Å². The number of carbonyl (C=O) groups is 2. The van der Waals surface area contributed by atoms with E-state index in [1.807, 2.05) is 30.3 Å². The number of esters is 1. The van der Waals surface area contributed by atoms with Crippen LogP contribution in [-0.2, 0) is 4.74 Å². The molecule has 0 radical (unpaired) electrons. The highest BCUT2D eigenvalue weighted by Crippen LogP contribution is 2.33. The zero-order valence-corrected chi connectivity index (χ0v) is 16.1. The summed E-state index contributed by atoms with van der Waals surface area (Å²) >= 11 is 0. The van der Waals surface area contributed by atoms with Gasteiger partial charge in [-0.05, 0) is 30.5 Å². The fraction of sp³-hybridized carbons (Fsp3) is 0.391. The number of hydrogen-bond donors (Lipinski definition) is 1. The molecule has 4 nitrogen and oxygen atoms in total. The third kappa shape index (κ3) is 5.68. The van der Waals surface area contributed by atoms with Gasteiger partial charge in [-0.2, -0.15) is 0 Å². The molecule has 0 fully saturated rings. The third-order valence-corrected chi connectivity index (χ3v) is 4.87. The summed E-state index contributed by atoms with van der Waals surface area (Å²) in [5.41, 5.74) is 1.00. The lowest BCUT2D eigenvalue weighted by atomic mass is 9.88. The number of benzene rings is 2. The number of rotatable bonds is 10. The largest absolute Gasteiger partial charge is 0.478 e. The molecule has 4 heteroatoms. The molecule has 2 unspecified atom stereocenters. The molecule has 2 aromatic carbocycles. The van der Waals surface area contributed by atoms with Crippen molar-refractivity contribution in [2.45, 2.75) is 52.1 Å². The summed E-state index contributed by atoms with van der Waals surface area (Å²) in [5, 5.41) is 9.36. The van der Waals surface area contributed by atoms with Gasteiger partial charge in [-0.1, -0.05) is 75.6 Å². The second-order valence-corrected chi connectivity index (χ2v) is 6.75. The van der Waals surface area contributed by atoms with Crippen LogP contribution in [0.4, 0.5) is 0 Å². The monoisotopic (exact) mass is 368 g/mol. The van der Waals surface area contributed by atoms with E-state index in [1.54, 1.807) is 12.1 Å². The normalized spacial score (nSPS) is 13.0. The lowest BCUT2D eigenvalue weighted by Gasteiger charge is -2.27. The number of ether oxygens (including phenoxy) is 1. The van der Waals surface area contributed by atoms with Crippen LogP contribution in [0.3, 0.4) is 0 Å². The Balaban J connectivity index is 2.29. The third-order valence-electron chi connectivity index (χ3n) is 4.87. The van der Waals surface area contributed by atoms with Crippen LogP contribution in [0.25, 0.3) is 0 Å². The maximum atomic E-state index is 12.8. The molecule has 0 aliphatic carbocycles. The molecule has 0 saturated carbocycles. The average Bonchev–Trinajstić information content (AvgIpc) is 2.70. The molecule has 0 saturated heterocycles. The van der Waals surface area contributed by atoms with E-state index in [-0.39, 0.29) is 23.1 Å². The van der Waals surface area contributed by atoms with Gasteiger partial charge in [0.25, 0.3) is 0 Å². The van der Waals surface area contributed by atoms with E-state index < -0.39 is 11.9 Å². The predicted octanol–water partition coefficient (Wildman–Crippen LogP) is 5.89. The van der Waals surface area contributed by atoms with Gasteiger partial charge in [-0.3, -0.25) is 0 Å². The molecule has 0 aromatic heterocycles. The Kier molecular flexibility index (Phi) is 8.05. The molecule has 2 atom stereocenters. The average molecular weight is 368 g/mol. The van der Waals surface area contributed by atoms with E-state index in [1.165, 1.54) is 12.1 Å². The molecular formula is C23H28O4. The Bertz CT molecular complexity index is 739. The standard InChI is InChI=1S/C23H28O4/c1-3-5-7-12-17(4-2)21(18-13-8-6-9-14-18)27-23(26)20-16-11-10-15-19(20)22(24)25/h6,8-11,13-17,21H,3-5,7,12H2,1-2H3,(H,24,25). The van der Waals surface area contributed by atoms with Crippen molar-refractivity contribution in [1.82, 2.24) is 0 Å². The molecule has 27 heavy (non-hydrogen) atoms. The Morgan fingerprint density at radius 1 is 0.926 bits per heavy atom. The van der Waals surface area contributed by atoms with Crippen molar-refractivity contribution >= 4 is 11.9 Å². The van der Waals surface area contributed by atoms with Crippen LogP contribution in [0.2, 0.25) is 0 Å². The lowest BCUT2D eigenvalue weighted by Crippen LogP contribution is -2.21. The predicted molar refractivity (Wildman–Crippen MR) is 106 cm³/mol. The van der Waals surface area contributed by atoms with Crippen LogP contribution in [0.1, 0.15) is 78.3 Å². The van der Waals surface area contributed by atoms with Crippen molar-refractivity contribution in [3.8, 4) is 0 Å².